The van der Waals surface area contributed by atoms with E-state index in [0.29, 0.717) is 18.2 Å². The number of nitrogens with one attached hydrogen (secondary N) is 1. The van der Waals surface area contributed by atoms with Gasteiger partial charge in [0.2, 0.25) is 0 Å². The molecule has 24 heavy (non-hydrogen) atoms. The van der Waals surface area contributed by atoms with Crippen LogP contribution >= 0.6 is 0 Å². The van der Waals surface area contributed by atoms with Crippen LogP contribution in [0.4, 0.5) is 0 Å². The van der Waals surface area contributed by atoms with Crippen LogP contribution in [0.15, 0.2) is 30.7 Å². The van der Waals surface area contributed by atoms with Crippen molar-refractivity contribution < 1.29 is 4.79 Å². The largest absolute Gasteiger partial charge is 0.350 e. The highest BCUT2D eigenvalue weighted by Crippen LogP contribution is 2.18. The third kappa shape index (κ3) is 3.82. The zero-order valence-corrected chi connectivity index (χ0v) is 14.4. The Morgan fingerprint density at radius 1 is 1.38 bits per heavy atom. The van der Waals surface area contributed by atoms with Crippen molar-refractivity contribution in [2.45, 2.75) is 33.4 Å². The van der Waals surface area contributed by atoms with Gasteiger partial charge >= 0.3 is 0 Å². The number of rotatable bonds is 6. The van der Waals surface area contributed by atoms with Gasteiger partial charge in [-0.05, 0) is 44.4 Å². The van der Waals surface area contributed by atoms with E-state index < -0.39 is 0 Å². The Kier molecular flexibility index (Phi) is 5.25. The van der Waals surface area contributed by atoms with Crippen molar-refractivity contribution in [1.29, 1.82) is 0 Å². The number of imidazole rings is 1. The second kappa shape index (κ2) is 7.57. The van der Waals surface area contributed by atoms with E-state index >= 15 is 0 Å². The molecule has 6 nitrogen and oxygen atoms in total. The minimum Gasteiger partial charge on any atom is -0.350 e. The van der Waals surface area contributed by atoms with E-state index in [9.17, 15) is 4.79 Å². The van der Waals surface area contributed by atoms with Crippen molar-refractivity contribution in [2.24, 2.45) is 5.92 Å². The van der Waals surface area contributed by atoms with Crippen LogP contribution in [0, 0.1) is 12.8 Å². The number of aryl methyl sites for hydroxylation is 2. The van der Waals surface area contributed by atoms with Crippen molar-refractivity contribution in [3.8, 4) is 0 Å². The smallest absolute Gasteiger partial charge is 0.270 e. The van der Waals surface area contributed by atoms with Gasteiger partial charge in [-0.2, -0.15) is 0 Å². The highest BCUT2D eigenvalue weighted by atomic mass is 16.1. The quantitative estimate of drug-likeness (QED) is 0.880. The summed E-state index contributed by atoms with van der Waals surface area (Å²) in [5.41, 5.74) is 1.44. The maximum absolute atomic E-state index is 12.2. The molecule has 0 saturated carbocycles. The van der Waals surface area contributed by atoms with Crippen molar-refractivity contribution in [1.82, 2.24) is 24.8 Å². The Hall–Kier alpha value is -2.21. The van der Waals surface area contributed by atoms with Crippen LogP contribution in [-0.2, 0) is 13.1 Å². The van der Waals surface area contributed by atoms with Gasteiger partial charge < -0.3 is 9.88 Å². The number of hydrogen-bond donors (Lipinski definition) is 1. The van der Waals surface area contributed by atoms with Crippen molar-refractivity contribution in [3.05, 3.63) is 47.8 Å². The molecule has 0 bridgehead atoms. The number of pyridine rings is 1. The lowest BCUT2D eigenvalue weighted by atomic mass is 10.1. The molecule has 2 aromatic rings. The first-order valence-electron chi connectivity index (χ1n) is 8.59. The van der Waals surface area contributed by atoms with E-state index in [-0.39, 0.29) is 5.91 Å². The lowest BCUT2D eigenvalue weighted by molar-refractivity contribution is 0.0941. The second-order valence-corrected chi connectivity index (χ2v) is 6.40. The third-order valence-corrected chi connectivity index (χ3v) is 4.65. The lowest BCUT2D eigenvalue weighted by Gasteiger charge is -2.16. The van der Waals surface area contributed by atoms with Crippen LogP contribution in [0.3, 0.4) is 0 Å². The van der Waals surface area contributed by atoms with Gasteiger partial charge in [0.1, 0.15) is 11.5 Å². The molecule has 1 fully saturated rings. The van der Waals surface area contributed by atoms with Crippen LogP contribution in [0.2, 0.25) is 0 Å². The van der Waals surface area contributed by atoms with E-state index in [2.05, 4.69) is 31.7 Å². The minimum absolute atomic E-state index is 0.0759. The number of carbonyl (C=O) groups is 1. The van der Waals surface area contributed by atoms with Crippen LogP contribution < -0.4 is 5.32 Å². The molecule has 1 N–H and O–H groups in total. The Bertz CT molecular complexity index is 696. The highest BCUT2D eigenvalue weighted by Gasteiger charge is 2.24. The van der Waals surface area contributed by atoms with Crippen LogP contribution in [-0.4, -0.2) is 45.0 Å². The summed E-state index contributed by atoms with van der Waals surface area (Å²) in [6.45, 7) is 8.63. The average molecular weight is 327 g/mol. The zero-order valence-electron chi connectivity index (χ0n) is 14.4. The molecule has 1 amide bonds. The number of likely N-dealkylation sites (tertiary alicyclic amines) is 1. The van der Waals surface area contributed by atoms with Gasteiger partial charge in [0.25, 0.3) is 5.91 Å². The maximum Gasteiger partial charge on any atom is 0.270 e. The third-order valence-electron chi connectivity index (χ3n) is 4.65. The molecule has 0 radical (unpaired) electrons. The van der Waals surface area contributed by atoms with Crippen LogP contribution in [0.25, 0.3) is 0 Å². The molecule has 0 aliphatic carbocycles. The maximum atomic E-state index is 12.2. The molecule has 2 aromatic heterocycles. The summed E-state index contributed by atoms with van der Waals surface area (Å²) in [5.74, 6) is 1.53. The Morgan fingerprint density at radius 3 is 3.04 bits per heavy atom. The molecule has 3 rings (SSSR count). The molecule has 1 aliphatic rings. The van der Waals surface area contributed by atoms with Crippen LogP contribution in [0.1, 0.15) is 35.2 Å². The van der Waals surface area contributed by atoms with Gasteiger partial charge in [0.05, 0.1) is 6.54 Å². The van der Waals surface area contributed by atoms with E-state index in [1.54, 1.807) is 6.20 Å². The fraction of sp³-hybridized carbons (Fsp3) is 0.500. The SMILES string of the molecule is CCn1ccnc1CN1CC[C@H](CNC(=O)c2ncccc2C)C1. The number of aromatic nitrogens is 3. The molecule has 0 unspecified atom stereocenters. The summed E-state index contributed by atoms with van der Waals surface area (Å²) in [7, 11) is 0. The van der Waals surface area contributed by atoms with Crippen molar-refractivity contribution in [3.63, 3.8) is 0 Å². The molecule has 0 spiro atoms. The van der Waals surface area contributed by atoms with Crippen LogP contribution in [0.5, 0.6) is 0 Å². The van der Waals surface area contributed by atoms with Gasteiger partial charge in [0, 0.05) is 38.2 Å². The normalized spacial score (nSPS) is 18.0. The van der Waals surface area contributed by atoms with E-state index in [1.807, 2.05) is 31.5 Å². The van der Waals surface area contributed by atoms with E-state index in [4.69, 9.17) is 0 Å². The fourth-order valence-corrected chi connectivity index (χ4v) is 3.25. The number of carbonyl (C=O) groups excluding carboxylic acids is 1. The zero-order chi connectivity index (χ0) is 16.9. The molecular formula is C18H25N5O. The molecule has 1 atom stereocenters. The first-order valence-corrected chi connectivity index (χ1v) is 8.59. The molecule has 128 valence electrons. The fourth-order valence-electron chi connectivity index (χ4n) is 3.25. The first kappa shape index (κ1) is 16.6. The first-order chi connectivity index (χ1) is 11.7. The van der Waals surface area contributed by atoms with Gasteiger partial charge in [-0.1, -0.05) is 6.07 Å². The summed E-state index contributed by atoms with van der Waals surface area (Å²) in [5, 5.41) is 3.03. The summed E-state index contributed by atoms with van der Waals surface area (Å²) < 4.78 is 2.18. The molecule has 3 heterocycles. The molecular weight excluding hydrogens is 302 g/mol. The Balaban J connectivity index is 1.48. The number of amides is 1. The monoisotopic (exact) mass is 327 g/mol. The molecule has 1 saturated heterocycles. The van der Waals surface area contributed by atoms with E-state index in [1.165, 1.54) is 0 Å². The topological polar surface area (TPSA) is 63.1 Å². The Morgan fingerprint density at radius 2 is 2.25 bits per heavy atom. The Labute approximate surface area is 142 Å². The standard InChI is InChI=1S/C18H25N5O/c1-3-23-10-8-19-16(23)13-22-9-6-15(12-22)11-21-18(24)17-14(2)5-4-7-20-17/h4-5,7-8,10,15H,3,6,9,11-13H2,1-2H3,(H,21,24)/t15-/m1/s1. The van der Waals surface area contributed by atoms with Gasteiger partial charge in [-0.15, -0.1) is 0 Å². The van der Waals surface area contributed by atoms with Crippen molar-refractivity contribution >= 4 is 5.91 Å². The van der Waals surface area contributed by atoms with E-state index in [0.717, 1.165) is 44.0 Å². The summed E-state index contributed by atoms with van der Waals surface area (Å²) >= 11 is 0. The predicted molar refractivity (Wildman–Crippen MR) is 92.6 cm³/mol. The lowest BCUT2D eigenvalue weighted by Crippen LogP contribution is -2.32. The molecule has 1 aliphatic heterocycles. The molecule has 6 heteroatoms. The summed E-state index contributed by atoms with van der Waals surface area (Å²) in [4.78, 5) is 23.3. The average Bonchev–Trinajstić information content (AvgIpc) is 3.22. The number of nitrogens with zero attached hydrogens (tertiary/aromatic N) is 4. The van der Waals surface area contributed by atoms with Gasteiger partial charge in [-0.3, -0.25) is 14.7 Å². The molecule has 0 aromatic carbocycles. The minimum atomic E-state index is -0.0759. The van der Waals surface area contributed by atoms with Crippen molar-refractivity contribution in [2.75, 3.05) is 19.6 Å². The predicted octanol–water partition coefficient (Wildman–Crippen LogP) is 1.86. The van der Waals surface area contributed by atoms with Gasteiger partial charge in [-0.25, -0.2) is 4.98 Å². The summed E-state index contributed by atoms with van der Waals surface area (Å²) in [6, 6.07) is 3.76. The van der Waals surface area contributed by atoms with Gasteiger partial charge in [0.15, 0.2) is 0 Å². The second-order valence-electron chi connectivity index (χ2n) is 6.40. The highest BCUT2D eigenvalue weighted by molar-refractivity contribution is 5.93. The summed E-state index contributed by atoms with van der Waals surface area (Å²) in [6.07, 6.45) is 6.66. The number of hydrogen-bond acceptors (Lipinski definition) is 4.